The van der Waals surface area contributed by atoms with Gasteiger partial charge in [-0.05, 0) is 52.6 Å². The van der Waals surface area contributed by atoms with Gasteiger partial charge in [-0.25, -0.2) is 0 Å². The SMILES string of the molecule is CC1(C)CN(CCCc2ccccc2)C(C)(C)CN1. The van der Waals surface area contributed by atoms with Gasteiger partial charge in [0.05, 0.1) is 0 Å². The smallest absolute Gasteiger partial charge is 0.0278 e. The van der Waals surface area contributed by atoms with Crippen LogP contribution in [0.2, 0.25) is 0 Å². The van der Waals surface area contributed by atoms with E-state index in [2.05, 4.69) is 68.2 Å². The second kappa shape index (κ2) is 5.64. The fourth-order valence-corrected chi connectivity index (χ4v) is 2.81. The van der Waals surface area contributed by atoms with E-state index in [1.165, 1.54) is 24.9 Å². The van der Waals surface area contributed by atoms with Crippen molar-refractivity contribution in [2.24, 2.45) is 0 Å². The van der Waals surface area contributed by atoms with Gasteiger partial charge in [-0.2, -0.15) is 0 Å². The topological polar surface area (TPSA) is 15.3 Å². The summed E-state index contributed by atoms with van der Waals surface area (Å²) in [6.07, 6.45) is 2.42. The molecule has 1 aliphatic heterocycles. The minimum atomic E-state index is 0.238. The van der Waals surface area contributed by atoms with Gasteiger partial charge in [0.2, 0.25) is 0 Å². The van der Waals surface area contributed by atoms with Crippen LogP contribution in [0.4, 0.5) is 0 Å². The summed E-state index contributed by atoms with van der Waals surface area (Å²) >= 11 is 0. The van der Waals surface area contributed by atoms with Crippen molar-refractivity contribution in [1.82, 2.24) is 10.2 Å². The van der Waals surface area contributed by atoms with Gasteiger partial charge in [0.25, 0.3) is 0 Å². The molecule has 0 unspecified atom stereocenters. The predicted molar refractivity (Wildman–Crippen MR) is 82.5 cm³/mol. The zero-order chi connectivity index (χ0) is 13.9. The molecular formula is C17H28N2. The van der Waals surface area contributed by atoms with E-state index >= 15 is 0 Å². The number of hydrogen-bond acceptors (Lipinski definition) is 2. The Bertz CT molecular complexity index is 395. The van der Waals surface area contributed by atoms with Crippen molar-refractivity contribution < 1.29 is 0 Å². The van der Waals surface area contributed by atoms with Gasteiger partial charge in [-0.15, -0.1) is 0 Å². The molecule has 0 bridgehead atoms. The molecule has 2 heteroatoms. The summed E-state index contributed by atoms with van der Waals surface area (Å²) in [5.74, 6) is 0. The molecule has 0 amide bonds. The van der Waals surface area contributed by atoms with Gasteiger partial charge in [-0.3, -0.25) is 4.90 Å². The van der Waals surface area contributed by atoms with Crippen LogP contribution in [0.15, 0.2) is 30.3 Å². The molecular weight excluding hydrogens is 232 g/mol. The van der Waals surface area contributed by atoms with Gasteiger partial charge in [0.15, 0.2) is 0 Å². The van der Waals surface area contributed by atoms with Crippen LogP contribution in [-0.2, 0) is 6.42 Å². The van der Waals surface area contributed by atoms with Crippen LogP contribution in [0.25, 0.3) is 0 Å². The van der Waals surface area contributed by atoms with E-state index in [1.54, 1.807) is 0 Å². The Morgan fingerprint density at radius 1 is 1.11 bits per heavy atom. The predicted octanol–water partition coefficient (Wildman–Crippen LogP) is 3.08. The minimum Gasteiger partial charge on any atom is -0.309 e. The zero-order valence-corrected chi connectivity index (χ0v) is 12.9. The molecule has 0 atom stereocenters. The van der Waals surface area contributed by atoms with E-state index < -0.39 is 0 Å². The summed E-state index contributed by atoms with van der Waals surface area (Å²) in [5, 5.41) is 3.65. The highest BCUT2D eigenvalue weighted by Crippen LogP contribution is 2.23. The maximum absolute atomic E-state index is 3.65. The maximum Gasteiger partial charge on any atom is 0.0278 e. The Morgan fingerprint density at radius 2 is 1.79 bits per heavy atom. The standard InChI is InChI=1S/C17H28N2/c1-16(2)14-19(17(3,4)13-18-16)12-8-11-15-9-6-5-7-10-15/h5-7,9-10,18H,8,11-14H2,1-4H3. The van der Waals surface area contributed by atoms with Crippen molar-refractivity contribution in [1.29, 1.82) is 0 Å². The fourth-order valence-electron chi connectivity index (χ4n) is 2.81. The summed E-state index contributed by atoms with van der Waals surface area (Å²) in [6.45, 7) is 12.7. The quantitative estimate of drug-likeness (QED) is 0.895. The Kier molecular flexibility index (Phi) is 4.32. The van der Waals surface area contributed by atoms with Crippen LogP contribution >= 0.6 is 0 Å². The molecule has 1 fully saturated rings. The van der Waals surface area contributed by atoms with Gasteiger partial charge >= 0.3 is 0 Å². The first-order valence-electron chi connectivity index (χ1n) is 7.43. The second-order valence-corrected chi connectivity index (χ2v) is 7.06. The van der Waals surface area contributed by atoms with Crippen molar-refractivity contribution >= 4 is 0 Å². The highest BCUT2D eigenvalue weighted by atomic mass is 15.3. The van der Waals surface area contributed by atoms with Crippen LogP contribution in [0.5, 0.6) is 0 Å². The number of benzene rings is 1. The van der Waals surface area contributed by atoms with Gasteiger partial charge in [0, 0.05) is 24.2 Å². The lowest BCUT2D eigenvalue weighted by atomic mass is 9.91. The van der Waals surface area contributed by atoms with Crippen molar-refractivity contribution in [3.8, 4) is 0 Å². The Balaban J connectivity index is 1.87. The molecule has 1 aliphatic rings. The minimum absolute atomic E-state index is 0.238. The van der Waals surface area contributed by atoms with Gasteiger partial charge in [-0.1, -0.05) is 30.3 Å². The third kappa shape index (κ3) is 4.05. The summed E-state index contributed by atoms with van der Waals surface area (Å²) in [7, 11) is 0. The number of piperazine rings is 1. The molecule has 0 aliphatic carbocycles. The maximum atomic E-state index is 3.65. The molecule has 1 aromatic rings. The number of nitrogens with zero attached hydrogens (tertiary/aromatic N) is 1. The number of nitrogens with one attached hydrogen (secondary N) is 1. The summed E-state index contributed by atoms with van der Waals surface area (Å²) in [4.78, 5) is 2.65. The third-order valence-electron chi connectivity index (χ3n) is 4.18. The van der Waals surface area contributed by atoms with Crippen molar-refractivity contribution in [2.75, 3.05) is 19.6 Å². The van der Waals surface area contributed by atoms with E-state index in [1.807, 2.05) is 0 Å². The van der Waals surface area contributed by atoms with Crippen LogP contribution in [0, 0.1) is 0 Å². The number of rotatable bonds is 4. The average Bonchev–Trinajstić information content (AvgIpc) is 2.35. The van der Waals surface area contributed by atoms with Crippen molar-refractivity contribution in [3.63, 3.8) is 0 Å². The number of hydrogen-bond donors (Lipinski definition) is 1. The van der Waals surface area contributed by atoms with E-state index in [0.29, 0.717) is 0 Å². The molecule has 1 saturated heterocycles. The molecule has 0 aromatic heterocycles. The van der Waals surface area contributed by atoms with E-state index in [9.17, 15) is 0 Å². The van der Waals surface area contributed by atoms with E-state index in [-0.39, 0.29) is 11.1 Å². The summed E-state index contributed by atoms with van der Waals surface area (Å²) in [6, 6.07) is 10.8. The second-order valence-electron chi connectivity index (χ2n) is 7.06. The zero-order valence-electron chi connectivity index (χ0n) is 12.9. The monoisotopic (exact) mass is 260 g/mol. The highest BCUT2D eigenvalue weighted by Gasteiger charge is 2.36. The first kappa shape index (κ1) is 14.5. The van der Waals surface area contributed by atoms with Gasteiger partial charge < -0.3 is 5.32 Å². The molecule has 0 saturated carbocycles. The van der Waals surface area contributed by atoms with Crippen LogP contribution in [0.3, 0.4) is 0 Å². The first-order valence-corrected chi connectivity index (χ1v) is 7.43. The normalized spacial score (nSPS) is 22.3. The fraction of sp³-hybridized carbons (Fsp3) is 0.647. The van der Waals surface area contributed by atoms with Crippen LogP contribution in [-0.4, -0.2) is 35.6 Å². The summed E-state index contributed by atoms with van der Waals surface area (Å²) < 4.78 is 0. The first-order chi connectivity index (χ1) is 8.89. The molecule has 2 rings (SSSR count). The summed E-state index contributed by atoms with van der Waals surface area (Å²) in [5.41, 5.74) is 1.96. The van der Waals surface area contributed by atoms with Crippen molar-refractivity contribution in [2.45, 2.75) is 51.6 Å². The lowest BCUT2D eigenvalue weighted by molar-refractivity contribution is 0.0385. The molecule has 1 heterocycles. The Labute approximate surface area is 118 Å². The number of aryl methyl sites for hydroxylation is 1. The van der Waals surface area contributed by atoms with E-state index in [4.69, 9.17) is 0 Å². The third-order valence-corrected chi connectivity index (χ3v) is 4.18. The molecule has 1 N–H and O–H groups in total. The Hall–Kier alpha value is -0.860. The van der Waals surface area contributed by atoms with Crippen molar-refractivity contribution in [3.05, 3.63) is 35.9 Å². The highest BCUT2D eigenvalue weighted by molar-refractivity contribution is 5.14. The molecule has 1 aromatic carbocycles. The molecule has 106 valence electrons. The molecule has 19 heavy (non-hydrogen) atoms. The van der Waals surface area contributed by atoms with Gasteiger partial charge in [0.1, 0.15) is 0 Å². The molecule has 0 spiro atoms. The lowest BCUT2D eigenvalue weighted by Gasteiger charge is -2.49. The van der Waals surface area contributed by atoms with E-state index in [0.717, 1.165) is 13.1 Å². The average molecular weight is 260 g/mol. The largest absolute Gasteiger partial charge is 0.309 e. The van der Waals surface area contributed by atoms with Crippen LogP contribution in [0.1, 0.15) is 39.7 Å². The lowest BCUT2D eigenvalue weighted by Crippen LogP contribution is -2.66. The molecule has 2 nitrogen and oxygen atoms in total. The molecule has 0 radical (unpaired) electrons. The van der Waals surface area contributed by atoms with Crippen LogP contribution < -0.4 is 5.32 Å². The Morgan fingerprint density at radius 3 is 2.47 bits per heavy atom.